The third-order valence-corrected chi connectivity index (χ3v) is 7.32. The summed E-state index contributed by atoms with van der Waals surface area (Å²) in [6.07, 6.45) is 9.69. The van der Waals surface area contributed by atoms with Crippen molar-refractivity contribution in [2.75, 3.05) is 5.32 Å². The van der Waals surface area contributed by atoms with Gasteiger partial charge >= 0.3 is 0 Å². The van der Waals surface area contributed by atoms with Crippen molar-refractivity contribution in [2.24, 2.45) is 0 Å². The van der Waals surface area contributed by atoms with Crippen molar-refractivity contribution in [1.82, 2.24) is 9.55 Å². The molecule has 1 N–H and O–H groups in total. The van der Waals surface area contributed by atoms with Crippen LogP contribution < -0.4 is 5.32 Å². The number of fused-ring (bicyclic) bond motifs is 1. The number of para-hydroxylation sites is 1. The Bertz CT molecular complexity index is 960. The lowest BCUT2D eigenvalue weighted by Crippen LogP contribution is -2.37. The third kappa shape index (κ3) is 2.98. The molecule has 0 unspecified atom stereocenters. The first kappa shape index (κ1) is 17.7. The van der Waals surface area contributed by atoms with Crippen molar-refractivity contribution in [2.45, 2.75) is 56.9 Å². The number of rotatable bonds is 4. The zero-order valence-electron chi connectivity index (χ0n) is 16.0. The molecule has 5 rings (SSSR count). The summed E-state index contributed by atoms with van der Waals surface area (Å²) in [7, 11) is 0. The Morgan fingerprint density at radius 2 is 1.93 bits per heavy atom. The van der Waals surface area contributed by atoms with Crippen molar-refractivity contribution in [3.05, 3.63) is 58.7 Å². The van der Waals surface area contributed by atoms with Gasteiger partial charge in [0.05, 0.1) is 16.8 Å². The van der Waals surface area contributed by atoms with Gasteiger partial charge in [-0.1, -0.05) is 37.1 Å². The van der Waals surface area contributed by atoms with Crippen LogP contribution >= 0.6 is 11.3 Å². The first-order chi connectivity index (χ1) is 13.8. The predicted molar refractivity (Wildman–Crippen MR) is 114 cm³/mol. The van der Waals surface area contributed by atoms with E-state index >= 15 is 0 Å². The van der Waals surface area contributed by atoms with Crippen LogP contribution in [0.15, 0.2) is 48.0 Å². The highest BCUT2D eigenvalue weighted by atomic mass is 32.1. The molecule has 1 aromatic carbocycles. The maximum absolute atomic E-state index is 13.5. The first-order valence-electron chi connectivity index (χ1n) is 10.3. The van der Waals surface area contributed by atoms with Crippen LogP contribution in [-0.4, -0.2) is 15.5 Å². The molecule has 1 amide bonds. The minimum atomic E-state index is -0.380. The molecule has 1 fully saturated rings. The molecule has 2 aliphatic rings. The van der Waals surface area contributed by atoms with Crippen LogP contribution in [0, 0.1) is 0 Å². The number of hydrogen-bond donors (Lipinski definition) is 1. The lowest BCUT2D eigenvalue weighted by molar-refractivity contribution is -0.121. The number of imidazole rings is 1. The second-order valence-corrected chi connectivity index (χ2v) is 8.91. The van der Waals surface area contributed by atoms with E-state index in [1.807, 2.05) is 18.2 Å². The van der Waals surface area contributed by atoms with E-state index in [0.717, 1.165) is 61.4 Å². The number of carbonyl (C=O) groups excluding carboxylic acids is 1. The summed E-state index contributed by atoms with van der Waals surface area (Å²) in [4.78, 5) is 19.5. The molecule has 1 aliphatic heterocycles. The van der Waals surface area contributed by atoms with Gasteiger partial charge in [0, 0.05) is 29.6 Å². The number of hydrogen-bond acceptors (Lipinski definition) is 3. The monoisotopic (exact) mass is 391 g/mol. The van der Waals surface area contributed by atoms with Gasteiger partial charge in [-0.2, -0.15) is 0 Å². The van der Waals surface area contributed by atoms with Crippen LogP contribution in [0.5, 0.6) is 0 Å². The SMILES string of the molecule is O=C(Nc1ccccc1-c1cn2c(n1)CCCC2)C1(c2cccs2)CCCC1. The Labute approximate surface area is 169 Å². The third-order valence-electron chi connectivity index (χ3n) is 6.24. The molecule has 2 aromatic heterocycles. The summed E-state index contributed by atoms with van der Waals surface area (Å²) in [6, 6.07) is 12.2. The van der Waals surface area contributed by atoms with E-state index in [9.17, 15) is 4.79 Å². The number of benzene rings is 1. The van der Waals surface area contributed by atoms with E-state index in [-0.39, 0.29) is 11.3 Å². The molecule has 0 saturated heterocycles. The average molecular weight is 392 g/mol. The van der Waals surface area contributed by atoms with E-state index in [0.29, 0.717) is 0 Å². The minimum absolute atomic E-state index is 0.129. The Kier molecular flexibility index (Phi) is 4.55. The number of anilines is 1. The van der Waals surface area contributed by atoms with Crippen molar-refractivity contribution >= 4 is 22.9 Å². The van der Waals surface area contributed by atoms with Gasteiger partial charge in [0.1, 0.15) is 5.82 Å². The van der Waals surface area contributed by atoms with Gasteiger partial charge in [-0.3, -0.25) is 4.79 Å². The van der Waals surface area contributed by atoms with Gasteiger partial charge in [0.25, 0.3) is 0 Å². The molecule has 0 bridgehead atoms. The number of aryl methyl sites for hydroxylation is 2. The Morgan fingerprint density at radius 3 is 2.71 bits per heavy atom. The molecule has 1 saturated carbocycles. The molecule has 3 heterocycles. The fraction of sp³-hybridized carbons (Fsp3) is 0.391. The average Bonchev–Trinajstić information content (AvgIpc) is 3.48. The summed E-state index contributed by atoms with van der Waals surface area (Å²) >= 11 is 1.70. The molecule has 1 aliphatic carbocycles. The number of amides is 1. The van der Waals surface area contributed by atoms with Gasteiger partial charge < -0.3 is 9.88 Å². The van der Waals surface area contributed by atoms with Gasteiger partial charge in [-0.15, -0.1) is 11.3 Å². The van der Waals surface area contributed by atoms with Gasteiger partial charge in [-0.25, -0.2) is 4.98 Å². The highest BCUT2D eigenvalue weighted by Crippen LogP contribution is 2.44. The number of thiophene rings is 1. The van der Waals surface area contributed by atoms with Crippen LogP contribution in [0.3, 0.4) is 0 Å². The molecule has 0 atom stereocenters. The topological polar surface area (TPSA) is 46.9 Å². The van der Waals surface area contributed by atoms with Crippen molar-refractivity contribution in [3.8, 4) is 11.3 Å². The minimum Gasteiger partial charge on any atom is -0.334 e. The molecule has 0 radical (unpaired) electrons. The number of nitrogens with zero attached hydrogens (tertiary/aromatic N) is 2. The normalized spacial score (nSPS) is 18.0. The smallest absolute Gasteiger partial charge is 0.235 e. The van der Waals surface area contributed by atoms with Gasteiger partial charge in [-0.05, 0) is 43.2 Å². The number of nitrogens with one attached hydrogen (secondary N) is 1. The van der Waals surface area contributed by atoms with Crippen LogP contribution in [0.25, 0.3) is 11.3 Å². The Hall–Kier alpha value is -2.40. The van der Waals surface area contributed by atoms with Crippen LogP contribution in [0.4, 0.5) is 5.69 Å². The molecule has 5 heteroatoms. The molecular weight excluding hydrogens is 366 g/mol. The summed E-state index contributed by atoms with van der Waals surface area (Å²) in [5, 5.41) is 5.35. The highest BCUT2D eigenvalue weighted by molar-refractivity contribution is 7.10. The van der Waals surface area contributed by atoms with E-state index in [1.165, 1.54) is 17.7 Å². The second-order valence-electron chi connectivity index (χ2n) is 7.96. The molecule has 3 aromatic rings. The summed E-state index contributed by atoms with van der Waals surface area (Å²) in [6.45, 7) is 1.04. The molecule has 28 heavy (non-hydrogen) atoms. The predicted octanol–water partition coefficient (Wildman–Crippen LogP) is 5.40. The van der Waals surface area contributed by atoms with Crippen molar-refractivity contribution in [3.63, 3.8) is 0 Å². The van der Waals surface area contributed by atoms with Crippen LogP contribution in [-0.2, 0) is 23.2 Å². The summed E-state index contributed by atoms with van der Waals surface area (Å²) < 4.78 is 2.27. The quantitative estimate of drug-likeness (QED) is 0.647. The summed E-state index contributed by atoms with van der Waals surface area (Å²) in [5.41, 5.74) is 2.46. The second kappa shape index (κ2) is 7.21. The van der Waals surface area contributed by atoms with Crippen molar-refractivity contribution < 1.29 is 4.79 Å². The van der Waals surface area contributed by atoms with E-state index in [4.69, 9.17) is 4.98 Å². The summed E-state index contributed by atoms with van der Waals surface area (Å²) in [5.74, 6) is 1.29. The van der Waals surface area contributed by atoms with Gasteiger partial charge in [0.2, 0.25) is 5.91 Å². The molecule has 144 valence electrons. The number of aromatic nitrogens is 2. The van der Waals surface area contributed by atoms with Crippen LogP contribution in [0.1, 0.15) is 49.2 Å². The maximum atomic E-state index is 13.5. The Morgan fingerprint density at radius 1 is 1.07 bits per heavy atom. The van der Waals surface area contributed by atoms with E-state index in [1.54, 1.807) is 11.3 Å². The molecule has 4 nitrogen and oxygen atoms in total. The first-order valence-corrected chi connectivity index (χ1v) is 11.2. The number of carbonyl (C=O) groups is 1. The molecular formula is C23H25N3OS. The zero-order valence-corrected chi connectivity index (χ0v) is 16.8. The lowest BCUT2D eigenvalue weighted by atomic mass is 9.83. The maximum Gasteiger partial charge on any atom is 0.235 e. The highest BCUT2D eigenvalue weighted by Gasteiger charge is 2.43. The molecule has 0 spiro atoms. The fourth-order valence-electron chi connectivity index (χ4n) is 4.71. The van der Waals surface area contributed by atoms with E-state index < -0.39 is 0 Å². The van der Waals surface area contributed by atoms with Gasteiger partial charge in [0.15, 0.2) is 0 Å². The lowest BCUT2D eigenvalue weighted by Gasteiger charge is -2.27. The Balaban J connectivity index is 1.48. The van der Waals surface area contributed by atoms with Crippen LogP contribution in [0.2, 0.25) is 0 Å². The van der Waals surface area contributed by atoms with Crippen molar-refractivity contribution in [1.29, 1.82) is 0 Å². The largest absolute Gasteiger partial charge is 0.334 e. The fourth-order valence-corrected chi connectivity index (χ4v) is 5.70. The standard InChI is InChI=1S/C23H25N3OS/c27-22(23(12-4-5-13-23)20-10-7-15-28-20)25-18-9-2-1-8-17(18)19-16-26-14-6-3-11-21(26)24-19/h1-2,7-10,15-16H,3-6,11-14H2,(H,25,27). The zero-order chi connectivity index (χ0) is 19.0. The van der Waals surface area contributed by atoms with E-state index in [2.05, 4.69) is 39.7 Å².